The monoisotopic (exact) mass is 570 g/mol. The molecule has 5 aliphatic rings. The standard InChI is InChI=1S/C24H34N4O6S3/c1-24(2,3)9-10-28-18-14-7-5-13(6-8-14)16(18)19(29)17(23(28)30)21-26-22-20(37(33,34)27-21)15(12-35-22)11-25-36(4,31)32/h12-14,16,18,25,29H,5-11H2,1-4H3,(H,26,27). The van der Waals surface area contributed by atoms with Crippen LogP contribution in [-0.2, 0) is 31.4 Å². The average molecular weight is 571 g/mol. The fraction of sp³-hybridized carbons (Fsp3) is 0.667. The molecule has 1 aromatic heterocycles. The third-order valence-corrected chi connectivity index (χ3v) is 11.1. The predicted octanol–water partition coefficient (Wildman–Crippen LogP) is 3.21. The van der Waals surface area contributed by atoms with Crippen molar-refractivity contribution in [1.82, 2.24) is 9.62 Å². The zero-order chi connectivity index (χ0) is 26.9. The maximum absolute atomic E-state index is 13.9. The quantitative estimate of drug-likeness (QED) is 0.476. The molecule has 2 aliphatic heterocycles. The van der Waals surface area contributed by atoms with Crippen molar-refractivity contribution < 1.29 is 26.7 Å². The first kappa shape index (κ1) is 26.6. The minimum absolute atomic E-state index is 0.000944. The Morgan fingerprint density at radius 3 is 2.49 bits per heavy atom. The largest absolute Gasteiger partial charge is 0.511 e. The van der Waals surface area contributed by atoms with E-state index in [1.807, 2.05) is 4.90 Å². The van der Waals surface area contributed by atoms with Crippen molar-refractivity contribution in [2.75, 3.05) is 18.1 Å². The Balaban J connectivity index is 1.54. The van der Waals surface area contributed by atoms with Crippen molar-refractivity contribution in [2.24, 2.45) is 27.6 Å². The van der Waals surface area contributed by atoms with Crippen LogP contribution in [0.3, 0.4) is 0 Å². The molecule has 3 aliphatic carbocycles. The first-order chi connectivity index (χ1) is 17.2. The van der Waals surface area contributed by atoms with E-state index in [-0.39, 0.29) is 62.5 Å². The number of carbonyl (C=O) groups excluding carboxylic acids is 1. The second kappa shape index (κ2) is 9.06. The van der Waals surface area contributed by atoms with Crippen molar-refractivity contribution in [3.05, 3.63) is 22.3 Å². The fourth-order valence-corrected chi connectivity index (χ4v) is 9.25. The van der Waals surface area contributed by atoms with E-state index in [0.29, 0.717) is 12.5 Å². The second-order valence-electron chi connectivity index (χ2n) is 11.8. The lowest BCUT2D eigenvalue weighted by molar-refractivity contribution is -0.139. The van der Waals surface area contributed by atoms with E-state index in [2.05, 4.69) is 35.2 Å². The van der Waals surface area contributed by atoms with Crippen LogP contribution in [0.15, 0.2) is 26.0 Å². The van der Waals surface area contributed by atoms with Crippen LogP contribution in [-0.4, -0.2) is 57.4 Å². The number of amidine groups is 1. The van der Waals surface area contributed by atoms with Crippen LogP contribution in [0, 0.1) is 23.2 Å². The number of carbonyl (C=O) groups is 1. The number of hydrogen-bond acceptors (Lipinski definition) is 8. The van der Waals surface area contributed by atoms with Crippen LogP contribution < -0.4 is 10.0 Å². The molecule has 6 rings (SSSR count). The minimum Gasteiger partial charge on any atom is -0.511 e. The van der Waals surface area contributed by atoms with Gasteiger partial charge in [-0.15, -0.1) is 15.7 Å². The van der Waals surface area contributed by atoms with Crippen LogP contribution in [0.4, 0.5) is 5.00 Å². The van der Waals surface area contributed by atoms with Crippen molar-refractivity contribution in [2.45, 2.75) is 70.4 Å². The number of thiophene rings is 1. The molecule has 0 aromatic carbocycles. The summed E-state index contributed by atoms with van der Waals surface area (Å²) in [6.45, 7) is 6.68. The van der Waals surface area contributed by atoms with Crippen LogP contribution in [0.25, 0.3) is 0 Å². The van der Waals surface area contributed by atoms with Gasteiger partial charge >= 0.3 is 0 Å². The summed E-state index contributed by atoms with van der Waals surface area (Å²) in [5.41, 5.74) is 0.200. The number of anilines is 1. The molecule has 0 saturated heterocycles. The first-order valence-corrected chi connectivity index (χ1v) is 16.8. The van der Waals surface area contributed by atoms with E-state index in [0.717, 1.165) is 49.7 Å². The molecule has 2 unspecified atom stereocenters. The molecular weight excluding hydrogens is 536 g/mol. The highest BCUT2D eigenvalue weighted by Crippen LogP contribution is 2.52. The highest BCUT2D eigenvalue weighted by Gasteiger charge is 2.54. The van der Waals surface area contributed by atoms with E-state index in [1.165, 1.54) is 0 Å². The summed E-state index contributed by atoms with van der Waals surface area (Å²) in [5, 5.41) is 16.3. The second-order valence-corrected chi connectivity index (χ2v) is 16.1. The third-order valence-electron chi connectivity index (χ3n) is 7.96. The summed E-state index contributed by atoms with van der Waals surface area (Å²) < 4.78 is 55.8. The van der Waals surface area contributed by atoms with Gasteiger partial charge in [-0.1, -0.05) is 20.8 Å². The molecule has 3 saturated carbocycles. The summed E-state index contributed by atoms with van der Waals surface area (Å²) in [6.07, 6.45) is 5.80. The van der Waals surface area contributed by atoms with Gasteiger partial charge in [0.1, 0.15) is 21.2 Å². The van der Waals surface area contributed by atoms with Crippen molar-refractivity contribution in [1.29, 1.82) is 0 Å². The highest BCUT2D eigenvalue weighted by atomic mass is 32.2. The number of fused-ring (bicyclic) bond motifs is 3. The summed E-state index contributed by atoms with van der Waals surface area (Å²) in [4.78, 5) is 15.7. The van der Waals surface area contributed by atoms with Gasteiger partial charge in [0, 0.05) is 30.6 Å². The van der Waals surface area contributed by atoms with Gasteiger partial charge in [0.05, 0.1) is 6.26 Å². The molecule has 1 amide bonds. The van der Waals surface area contributed by atoms with Gasteiger partial charge in [-0.25, -0.2) is 13.1 Å². The van der Waals surface area contributed by atoms with E-state index < -0.39 is 26.0 Å². The zero-order valence-corrected chi connectivity index (χ0v) is 23.9. The van der Waals surface area contributed by atoms with E-state index >= 15 is 0 Å². The highest BCUT2D eigenvalue weighted by molar-refractivity contribution is 7.91. The van der Waals surface area contributed by atoms with Crippen molar-refractivity contribution in [3.63, 3.8) is 0 Å². The van der Waals surface area contributed by atoms with Gasteiger partial charge in [0.25, 0.3) is 15.9 Å². The van der Waals surface area contributed by atoms with Gasteiger partial charge in [0.15, 0.2) is 5.84 Å². The third kappa shape index (κ3) is 4.95. The number of sulfonamides is 2. The average Bonchev–Trinajstić information content (AvgIpc) is 3.21. The molecular formula is C24H34N4O6S3. The lowest BCUT2D eigenvalue weighted by atomic mass is 9.59. The lowest BCUT2D eigenvalue weighted by Crippen LogP contribution is -2.60. The Kier molecular flexibility index (Phi) is 6.52. The van der Waals surface area contributed by atoms with Crippen molar-refractivity contribution >= 4 is 48.1 Å². The molecule has 3 heterocycles. The molecule has 204 valence electrons. The Labute approximate surface area is 222 Å². The Bertz CT molecular complexity index is 1400. The molecule has 2 atom stereocenters. The summed E-state index contributed by atoms with van der Waals surface area (Å²) in [5.74, 6) is -0.289. The molecule has 37 heavy (non-hydrogen) atoms. The SMILES string of the molecule is CC(C)(C)CCN1C(=O)C(C2=NS(=O)(=O)c3c(CNS(C)(=O)=O)csc3N2)=C(O)C2C3CCC(CC3)C21. The number of nitrogens with zero attached hydrogens (tertiary/aromatic N) is 2. The number of hydrogen-bond donors (Lipinski definition) is 3. The molecule has 2 bridgehead atoms. The maximum atomic E-state index is 13.9. The van der Waals surface area contributed by atoms with E-state index in [4.69, 9.17) is 0 Å². The minimum atomic E-state index is -4.25. The molecule has 0 spiro atoms. The molecule has 3 fully saturated rings. The molecule has 1 aromatic rings. The topological polar surface area (TPSA) is 145 Å². The summed E-state index contributed by atoms with van der Waals surface area (Å²) >= 11 is 1.09. The van der Waals surface area contributed by atoms with Crippen LogP contribution >= 0.6 is 11.3 Å². The van der Waals surface area contributed by atoms with Gasteiger partial charge in [0.2, 0.25) is 10.0 Å². The summed E-state index contributed by atoms with van der Waals surface area (Å²) in [6, 6.07) is -0.0853. The Morgan fingerprint density at radius 1 is 1.22 bits per heavy atom. The number of amides is 1. The molecule has 0 radical (unpaired) electrons. The van der Waals surface area contributed by atoms with Crippen LogP contribution in [0.5, 0.6) is 0 Å². The Morgan fingerprint density at radius 2 is 1.86 bits per heavy atom. The van der Waals surface area contributed by atoms with Crippen LogP contribution in [0.1, 0.15) is 58.4 Å². The molecule has 3 N–H and O–H groups in total. The molecule has 10 nitrogen and oxygen atoms in total. The number of nitrogens with one attached hydrogen (secondary N) is 2. The van der Waals surface area contributed by atoms with Crippen molar-refractivity contribution in [3.8, 4) is 0 Å². The lowest BCUT2D eigenvalue weighted by Gasteiger charge is -2.55. The Hall–Kier alpha value is -1.96. The molecule has 13 heteroatoms. The first-order valence-electron chi connectivity index (χ1n) is 12.6. The smallest absolute Gasteiger partial charge is 0.287 e. The maximum Gasteiger partial charge on any atom is 0.287 e. The number of aliphatic hydroxyl groups is 1. The van der Waals surface area contributed by atoms with Gasteiger partial charge in [-0.2, -0.15) is 8.42 Å². The van der Waals surface area contributed by atoms with E-state index in [9.17, 15) is 26.7 Å². The number of rotatable bonds is 6. The fourth-order valence-electron chi connectivity index (χ4n) is 6.22. The summed E-state index contributed by atoms with van der Waals surface area (Å²) in [7, 11) is -7.78. The van der Waals surface area contributed by atoms with Gasteiger partial charge < -0.3 is 15.3 Å². The number of aliphatic hydroxyl groups excluding tert-OH is 1. The predicted molar refractivity (Wildman–Crippen MR) is 142 cm³/mol. The van der Waals surface area contributed by atoms with Gasteiger partial charge in [-0.05, 0) is 54.7 Å². The van der Waals surface area contributed by atoms with E-state index in [1.54, 1.807) is 5.38 Å². The van der Waals surface area contributed by atoms with Gasteiger partial charge in [-0.3, -0.25) is 4.79 Å². The van der Waals surface area contributed by atoms with Crippen LogP contribution in [0.2, 0.25) is 0 Å². The normalized spacial score (nSPS) is 29.0. The zero-order valence-electron chi connectivity index (χ0n) is 21.4.